The van der Waals surface area contributed by atoms with Crippen LogP contribution in [-0.4, -0.2) is 4.57 Å². The summed E-state index contributed by atoms with van der Waals surface area (Å²) in [6, 6.07) is 6.28. The van der Waals surface area contributed by atoms with Crippen LogP contribution in [0.2, 0.25) is 0 Å². The highest BCUT2D eigenvalue weighted by molar-refractivity contribution is 5.87. The van der Waals surface area contributed by atoms with E-state index in [0.29, 0.717) is 11.3 Å². The highest BCUT2D eigenvalue weighted by atomic mass is 14.9. The molecule has 19 heavy (non-hydrogen) atoms. The first-order chi connectivity index (χ1) is 8.96. The van der Waals surface area contributed by atoms with E-state index in [9.17, 15) is 0 Å². The van der Waals surface area contributed by atoms with Crippen LogP contribution in [0.5, 0.6) is 0 Å². The van der Waals surface area contributed by atoms with E-state index in [1.54, 1.807) is 0 Å². The SMILES string of the molecule is Cn1cc(C2CCC(C)(C)CC2)c2cc(N)ccc21. The molecule has 0 unspecified atom stereocenters. The van der Waals surface area contributed by atoms with Gasteiger partial charge in [0.1, 0.15) is 0 Å². The Hall–Kier alpha value is -1.44. The quantitative estimate of drug-likeness (QED) is 0.751. The molecule has 1 saturated carbocycles. The number of benzene rings is 1. The van der Waals surface area contributed by atoms with Crippen molar-refractivity contribution in [2.45, 2.75) is 45.4 Å². The molecule has 0 saturated heterocycles. The fourth-order valence-corrected chi connectivity index (χ4v) is 3.48. The predicted molar refractivity (Wildman–Crippen MR) is 82.3 cm³/mol. The van der Waals surface area contributed by atoms with Crippen molar-refractivity contribution in [3.63, 3.8) is 0 Å². The summed E-state index contributed by atoms with van der Waals surface area (Å²) in [5, 5.41) is 1.35. The Morgan fingerprint density at radius 3 is 2.58 bits per heavy atom. The van der Waals surface area contributed by atoms with E-state index in [1.165, 1.54) is 42.1 Å². The van der Waals surface area contributed by atoms with Crippen LogP contribution in [0.25, 0.3) is 10.9 Å². The first-order valence-corrected chi connectivity index (χ1v) is 7.31. The summed E-state index contributed by atoms with van der Waals surface area (Å²) in [5.41, 5.74) is 10.2. The molecule has 0 aliphatic heterocycles. The third-order valence-electron chi connectivity index (χ3n) is 4.82. The number of nitrogens with two attached hydrogens (primary N) is 1. The third-order valence-corrected chi connectivity index (χ3v) is 4.82. The molecule has 1 aliphatic carbocycles. The number of fused-ring (bicyclic) bond motifs is 1. The fourth-order valence-electron chi connectivity index (χ4n) is 3.48. The van der Waals surface area contributed by atoms with E-state index < -0.39 is 0 Å². The molecule has 1 aliphatic rings. The van der Waals surface area contributed by atoms with Crippen LogP contribution in [-0.2, 0) is 7.05 Å². The molecule has 102 valence electrons. The van der Waals surface area contributed by atoms with Crippen LogP contribution in [0.3, 0.4) is 0 Å². The van der Waals surface area contributed by atoms with Crippen molar-refractivity contribution < 1.29 is 0 Å². The lowest BCUT2D eigenvalue weighted by molar-refractivity contribution is 0.225. The Labute approximate surface area is 115 Å². The molecule has 0 atom stereocenters. The molecule has 2 nitrogen and oxygen atoms in total. The number of hydrogen-bond acceptors (Lipinski definition) is 1. The van der Waals surface area contributed by atoms with E-state index in [2.05, 4.69) is 43.8 Å². The number of nitrogens with zero attached hydrogens (tertiary/aromatic N) is 1. The Bertz CT molecular complexity index is 597. The standard InChI is InChI=1S/C17H24N2/c1-17(2)8-6-12(7-9-17)15-11-19(3)16-5-4-13(18)10-14(15)16/h4-5,10-12H,6-9,18H2,1-3H3. The maximum absolute atomic E-state index is 5.97. The Morgan fingerprint density at radius 2 is 1.89 bits per heavy atom. The van der Waals surface area contributed by atoms with Gasteiger partial charge in [-0.3, -0.25) is 0 Å². The molecule has 1 fully saturated rings. The zero-order valence-electron chi connectivity index (χ0n) is 12.2. The first-order valence-electron chi connectivity index (χ1n) is 7.31. The van der Waals surface area contributed by atoms with Gasteiger partial charge in [-0.1, -0.05) is 13.8 Å². The van der Waals surface area contributed by atoms with Crippen molar-refractivity contribution in [2.24, 2.45) is 12.5 Å². The Kier molecular flexibility index (Phi) is 2.84. The highest BCUT2D eigenvalue weighted by Gasteiger charge is 2.29. The maximum atomic E-state index is 5.97. The van der Waals surface area contributed by atoms with E-state index in [-0.39, 0.29) is 0 Å². The first kappa shape index (κ1) is 12.6. The second kappa shape index (κ2) is 4.29. The zero-order valence-corrected chi connectivity index (χ0v) is 12.2. The summed E-state index contributed by atoms with van der Waals surface area (Å²) in [4.78, 5) is 0. The number of anilines is 1. The molecule has 0 bridgehead atoms. The normalized spacial score (nSPS) is 19.9. The predicted octanol–water partition coefficient (Wildman–Crippen LogP) is 4.44. The second-order valence-electron chi connectivity index (χ2n) is 6.91. The molecule has 2 N–H and O–H groups in total. The molecule has 1 aromatic carbocycles. The third kappa shape index (κ3) is 2.24. The molecule has 0 amide bonds. The lowest BCUT2D eigenvalue weighted by Gasteiger charge is -2.34. The van der Waals surface area contributed by atoms with Crippen molar-refractivity contribution in [3.05, 3.63) is 30.0 Å². The largest absolute Gasteiger partial charge is 0.399 e. The van der Waals surface area contributed by atoms with E-state index in [4.69, 9.17) is 5.73 Å². The summed E-state index contributed by atoms with van der Waals surface area (Å²) >= 11 is 0. The lowest BCUT2D eigenvalue weighted by Crippen LogP contribution is -2.20. The van der Waals surface area contributed by atoms with Gasteiger partial charge in [0.05, 0.1) is 0 Å². The van der Waals surface area contributed by atoms with Crippen LogP contribution in [0, 0.1) is 5.41 Å². The maximum Gasteiger partial charge on any atom is 0.0482 e. The number of nitrogen functional groups attached to an aromatic ring is 1. The van der Waals surface area contributed by atoms with Gasteiger partial charge in [0.25, 0.3) is 0 Å². The van der Waals surface area contributed by atoms with Crippen LogP contribution in [0.1, 0.15) is 51.0 Å². The van der Waals surface area contributed by atoms with E-state index in [0.717, 1.165) is 5.69 Å². The van der Waals surface area contributed by atoms with Crippen LogP contribution < -0.4 is 5.73 Å². The molecule has 1 heterocycles. The zero-order chi connectivity index (χ0) is 13.6. The van der Waals surface area contributed by atoms with Gasteiger partial charge in [0.2, 0.25) is 0 Å². The molecule has 1 aromatic heterocycles. The molecule has 3 rings (SSSR count). The van der Waals surface area contributed by atoms with Gasteiger partial charge in [0.15, 0.2) is 0 Å². The smallest absolute Gasteiger partial charge is 0.0482 e. The summed E-state index contributed by atoms with van der Waals surface area (Å²) < 4.78 is 2.24. The van der Waals surface area contributed by atoms with Crippen LogP contribution in [0.4, 0.5) is 5.69 Å². The number of hydrogen-bond donors (Lipinski definition) is 1. The van der Waals surface area contributed by atoms with Crippen LogP contribution in [0.15, 0.2) is 24.4 Å². The summed E-state index contributed by atoms with van der Waals surface area (Å²) in [5.74, 6) is 0.707. The molecule has 0 radical (unpaired) electrons. The Balaban J connectivity index is 1.99. The summed E-state index contributed by atoms with van der Waals surface area (Å²) in [7, 11) is 2.13. The van der Waals surface area contributed by atoms with Gasteiger partial charge in [0, 0.05) is 29.8 Å². The highest BCUT2D eigenvalue weighted by Crippen LogP contribution is 2.44. The topological polar surface area (TPSA) is 30.9 Å². The monoisotopic (exact) mass is 256 g/mol. The van der Waals surface area contributed by atoms with Gasteiger partial charge in [-0.15, -0.1) is 0 Å². The minimum absolute atomic E-state index is 0.528. The van der Waals surface area contributed by atoms with Crippen LogP contribution >= 0.6 is 0 Å². The second-order valence-corrected chi connectivity index (χ2v) is 6.91. The Morgan fingerprint density at radius 1 is 1.21 bits per heavy atom. The van der Waals surface area contributed by atoms with Gasteiger partial charge >= 0.3 is 0 Å². The van der Waals surface area contributed by atoms with Crippen molar-refractivity contribution in [1.82, 2.24) is 4.57 Å². The minimum atomic E-state index is 0.528. The number of aromatic nitrogens is 1. The van der Waals surface area contributed by atoms with Gasteiger partial charge in [-0.05, 0) is 60.8 Å². The number of aryl methyl sites for hydroxylation is 1. The average molecular weight is 256 g/mol. The average Bonchev–Trinajstić information content (AvgIpc) is 2.66. The van der Waals surface area contributed by atoms with Crippen molar-refractivity contribution in [1.29, 1.82) is 0 Å². The summed E-state index contributed by atoms with van der Waals surface area (Å²) in [6.07, 6.45) is 7.58. The molecule has 2 heteroatoms. The van der Waals surface area contributed by atoms with Gasteiger partial charge < -0.3 is 10.3 Å². The molecule has 0 spiro atoms. The van der Waals surface area contributed by atoms with E-state index >= 15 is 0 Å². The fraction of sp³-hybridized carbons (Fsp3) is 0.529. The van der Waals surface area contributed by atoms with Crippen molar-refractivity contribution in [2.75, 3.05) is 5.73 Å². The molecular weight excluding hydrogens is 232 g/mol. The van der Waals surface area contributed by atoms with Gasteiger partial charge in [-0.2, -0.15) is 0 Å². The van der Waals surface area contributed by atoms with E-state index in [1.807, 2.05) is 6.07 Å². The molecule has 2 aromatic rings. The van der Waals surface area contributed by atoms with Gasteiger partial charge in [-0.25, -0.2) is 0 Å². The summed E-state index contributed by atoms with van der Waals surface area (Å²) in [6.45, 7) is 4.79. The number of rotatable bonds is 1. The van der Waals surface area contributed by atoms with Crippen molar-refractivity contribution in [3.8, 4) is 0 Å². The molecular formula is C17H24N2. The van der Waals surface area contributed by atoms with Crippen molar-refractivity contribution >= 4 is 16.6 Å². The lowest BCUT2D eigenvalue weighted by atomic mass is 9.71. The minimum Gasteiger partial charge on any atom is -0.399 e.